The van der Waals surface area contributed by atoms with Gasteiger partial charge in [0.1, 0.15) is 5.75 Å². The van der Waals surface area contributed by atoms with Gasteiger partial charge in [0.15, 0.2) is 0 Å². The van der Waals surface area contributed by atoms with Crippen LogP contribution >= 0.6 is 0 Å². The summed E-state index contributed by atoms with van der Waals surface area (Å²) in [5, 5.41) is 0.390. The Labute approximate surface area is 163 Å². The van der Waals surface area contributed by atoms with Crippen molar-refractivity contribution in [3.63, 3.8) is 0 Å². The highest BCUT2D eigenvalue weighted by atomic mass is 19.4. The standard InChI is InChI=1S/C22H14F4N2O/c1-13-12-27-21-16(7-3-8-17(21)22(24,25)26)20(13)14-5-2-6-15(11-14)29-19-10-4-9-18(23)28-19/h2-12H,1H3. The largest absolute Gasteiger partial charge is 0.439 e. The van der Waals surface area contributed by atoms with Crippen molar-refractivity contribution in [2.24, 2.45) is 0 Å². The van der Waals surface area contributed by atoms with Crippen LogP contribution in [-0.2, 0) is 6.18 Å². The lowest BCUT2D eigenvalue weighted by Gasteiger charge is -2.15. The zero-order chi connectivity index (χ0) is 20.6. The van der Waals surface area contributed by atoms with Gasteiger partial charge in [-0.3, -0.25) is 4.98 Å². The van der Waals surface area contributed by atoms with Crippen molar-refractivity contribution in [3.05, 3.63) is 83.9 Å². The highest BCUT2D eigenvalue weighted by Crippen LogP contribution is 2.39. The van der Waals surface area contributed by atoms with Crippen molar-refractivity contribution < 1.29 is 22.3 Å². The number of para-hydroxylation sites is 1. The molecule has 0 bridgehead atoms. The molecular weight excluding hydrogens is 384 g/mol. The number of rotatable bonds is 3. The van der Waals surface area contributed by atoms with Crippen molar-refractivity contribution in [2.75, 3.05) is 0 Å². The van der Waals surface area contributed by atoms with Gasteiger partial charge >= 0.3 is 6.18 Å². The summed E-state index contributed by atoms with van der Waals surface area (Å²) >= 11 is 0. The van der Waals surface area contributed by atoms with Crippen LogP contribution in [0.5, 0.6) is 11.6 Å². The number of hydrogen-bond acceptors (Lipinski definition) is 3. The van der Waals surface area contributed by atoms with E-state index in [9.17, 15) is 17.6 Å². The maximum absolute atomic E-state index is 13.4. The minimum absolute atomic E-state index is 0.0813. The lowest BCUT2D eigenvalue weighted by Crippen LogP contribution is -2.07. The summed E-state index contributed by atoms with van der Waals surface area (Å²) in [7, 11) is 0. The fourth-order valence-corrected chi connectivity index (χ4v) is 3.22. The topological polar surface area (TPSA) is 35.0 Å². The van der Waals surface area contributed by atoms with Gasteiger partial charge in [-0.2, -0.15) is 22.5 Å². The van der Waals surface area contributed by atoms with Gasteiger partial charge in [0.05, 0.1) is 11.1 Å². The lowest BCUT2D eigenvalue weighted by molar-refractivity contribution is -0.136. The van der Waals surface area contributed by atoms with Crippen LogP contribution in [0.3, 0.4) is 0 Å². The van der Waals surface area contributed by atoms with E-state index in [-0.39, 0.29) is 11.4 Å². The number of aryl methyl sites for hydroxylation is 1. The average molecular weight is 398 g/mol. The van der Waals surface area contributed by atoms with Gasteiger partial charge in [-0.15, -0.1) is 0 Å². The van der Waals surface area contributed by atoms with Crippen LogP contribution in [0.1, 0.15) is 11.1 Å². The fourth-order valence-electron chi connectivity index (χ4n) is 3.22. The fraction of sp³-hybridized carbons (Fsp3) is 0.0909. The molecule has 7 heteroatoms. The van der Waals surface area contributed by atoms with Gasteiger partial charge in [0.25, 0.3) is 0 Å². The van der Waals surface area contributed by atoms with Crippen molar-refractivity contribution in [2.45, 2.75) is 13.1 Å². The molecule has 0 aliphatic carbocycles. The number of nitrogens with zero attached hydrogens (tertiary/aromatic N) is 2. The number of aromatic nitrogens is 2. The Bertz CT molecular complexity index is 1210. The van der Waals surface area contributed by atoms with E-state index < -0.39 is 17.7 Å². The van der Waals surface area contributed by atoms with Crippen LogP contribution in [-0.4, -0.2) is 9.97 Å². The molecule has 0 N–H and O–H groups in total. The first-order valence-electron chi connectivity index (χ1n) is 8.69. The second kappa shape index (κ2) is 7.16. The van der Waals surface area contributed by atoms with E-state index in [4.69, 9.17) is 4.74 Å². The molecule has 0 amide bonds. The molecule has 0 atom stereocenters. The lowest BCUT2D eigenvalue weighted by atomic mass is 9.95. The molecule has 146 valence electrons. The van der Waals surface area contributed by atoms with Gasteiger partial charge in [-0.05, 0) is 47.9 Å². The Kier molecular flexibility index (Phi) is 4.66. The number of hydrogen-bond donors (Lipinski definition) is 0. The van der Waals surface area contributed by atoms with E-state index in [0.29, 0.717) is 22.3 Å². The maximum Gasteiger partial charge on any atom is 0.418 e. The Balaban J connectivity index is 1.84. The molecule has 0 saturated heterocycles. The Morgan fingerprint density at radius 1 is 0.931 bits per heavy atom. The van der Waals surface area contributed by atoms with Crippen LogP contribution in [0.4, 0.5) is 17.6 Å². The minimum atomic E-state index is -4.51. The first kappa shape index (κ1) is 18.9. The van der Waals surface area contributed by atoms with Gasteiger partial charge < -0.3 is 4.74 Å². The first-order chi connectivity index (χ1) is 13.8. The third-order valence-electron chi connectivity index (χ3n) is 4.43. The summed E-state index contributed by atoms with van der Waals surface area (Å²) in [4.78, 5) is 7.68. The molecule has 0 saturated carbocycles. The van der Waals surface area contributed by atoms with E-state index in [2.05, 4.69) is 9.97 Å². The van der Waals surface area contributed by atoms with Crippen molar-refractivity contribution >= 4 is 10.9 Å². The highest BCUT2D eigenvalue weighted by molar-refractivity contribution is 5.97. The molecule has 0 unspecified atom stereocenters. The van der Waals surface area contributed by atoms with Crippen molar-refractivity contribution in [1.82, 2.24) is 9.97 Å². The number of ether oxygens (including phenoxy) is 1. The molecule has 0 aliphatic rings. The number of halogens is 4. The molecule has 0 aliphatic heterocycles. The van der Waals surface area contributed by atoms with Crippen LogP contribution < -0.4 is 4.74 Å². The molecule has 4 rings (SSSR count). The summed E-state index contributed by atoms with van der Waals surface area (Å²) in [5.41, 5.74) is 1.10. The van der Waals surface area contributed by atoms with Crippen LogP contribution in [0.2, 0.25) is 0 Å². The van der Waals surface area contributed by atoms with Gasteiger partial charge in [-0.1, -0.05) is 30.3 Å². The first-order valence-corrected chi connectivity index (χ1v) is 8.69. The smallest absolute Gasteiger partial charge is 0.418 e. The van der Waals surface area contributed by atoms with Crippen molar-refractivity contribution in [1.29, 1.82) is 0 Å². The molecule has 0 spiro atoms. The summed E-state index contributed by atoms with van der Waals surface area (Å²) < 4.78 is 59.1. The average Bonchev–Trinajstić information content (AvgIpc) is 2.67. The Morgan fingerprint density at radius 2 is 1.69 bits per heavy atom. The van der Waals surface area contributed by atoms with E-state index in [1.54, 1.807) is 37.3 Å². The van der Waals surface area contributed by atoms with E-state index in [1.165, 1.54) is 30.5 Å². The molecule has 2 heterocycles. The number of alkyl halides is 3. The second-order valence-corrected chi connectivity index (χ2v) is 6.44. The van der Waals surface area contributed by atoms with Gasteiger partial charge in [0, 0.05) is 17.6 Å². The Hall–Kier alpha value is -3.48. The van der Waals surface area contributed by atoms with Crippen molar-refractivity contribution in [3.8, 4) is 22.8 Å². The molecule has 0 fully saturated rings. The van der Waals surface area contributed by atoms with Gasteiger partial charge in [-0.25, -0.2) is 0 Å². The molecule has 0 radical (unpaired) electrons. The predicted molar refractivity (Wildman–Crippen MR) is 101 cm³/mol. The SMILES string of the molecule is Cc1cnc2c(C(F)(F)F)cccc2c1-c1cccc(Oc2cccc(F)n2)c1. The number of benzene rings is 2. The molecule has 2 aromatic carbocycles. The zero-order valence-electron chi connectivity index (χ0n) is 15.2. The van der Waals surface area contributed by atoms with E-state index in [1.807, 2.05) is 0 Å². The number of fused-ring (bicyclic) bond motifs is 1. The molecule has 3 nitrogen and oxygen atoms in total. The Morgan fingerprint density at radius 3 is 2.45 bits per heavy atom. The third-order valence-corrected chi connectivity index (χ3v) is 4.43. The predicted octanol–water partition coefficient (Wildman–Crippen LogP) is 6.56. The third kappa shape index (κ3) is 3.76. The zero-order valence-corrected chi connectivity index (χ0v) is 15.2. The quantitative estimate of drug-likeness (QED) is 0.290. The molecule has 2 aromatic heterocycles. The summed E-state index contributed by atoms with van der Waals surface area (Å²) in [6.07, 6.45) is -3.08. The molecule has 4 aromatic rings. The minimum Gasteiger partial charge on any atom is -0.439 e. The highest BCUT2D eigenvalue weighted by Gasteiger charge is 2.33. The van der Waals surface area contributed by atoms with Crippen LogP contribution in [0.25, 0.3) is 22.0 Å². The van der Waals surface area contributed by atoms with E-state index in [0.717, 1.165) is 11.6 Å². The summed E-state index contributed by atoms with van der Waals surface area (Å²) in [6, 6.07) is 15.0. The van der Waals surface area contributed by atoms with E-state index >= 15 is 0 Å². The summed E-state index contributed by atoms with van der Waals surface area (Å²) in [5.74, 6) is -0.205. The maximum atomic E-state index is 13.4. The molecule has 29 heavy (non-hydrogen) atoms. The normalized spacial score (nSPS) is 11.6. The van der Waals surface area contributed by atoms with Crippen LogP contribution in [0, 0.1) is 12.9 Å². The van der Waals surface area contributed by atoms with Crippen LogP contribution in [0.15, 0.2) is 66.9 Å². The second-order valence-electron chi connectivity index (χ2n) is 6.44. The monoisotopic (exact) mass is 398 g/mol. The number of pyridine rings is 2. The summed E-state index contributed by atoms with van der Waals surface area (Å²) in [6.45, 7) is 1.78. The molecular formula is C22H14F4N2O. The van der Waals surface area contributed by atoms with Gasteiger partial charge in [0.2, 0.25) is 11.8 Å².